The van der Waals surface area contributed by atoms with Crippen LogP contribution in [0.1, 0.15) is 23.7 Å². The summed E-state index contributed by atoms with van der Waals surface area (Å²) in [5, 5.41) is 13.2. The molecule has 1 aromatic carbocycles. The molecule has 1 amide bonds. The van der Waals surface area contributed by atoms with Crippen molar-refractivity contribution in [1.29, 1.82) is 0 Å². The van der Waals surface area contributed by atoms with E-state index >= 15 is 0 Å². The van der Waals surface area contributed by atoms with Crippen molar-refractivity contribution in [3.05, 3.63) is 39.9 Å². The number of benzene rings is 1. The number of rotatable bonds is 5. The van der Waals surface area contributed by atoms with Crippen LogP contribution in [0.4, 0.5) is 5.69 Å². The van der Waals surface area contributed by atoms with Crippen molar-refractivity contribution in [2.75, 3.05) is 6.54 Å². The summed E-state index contributed by atoms with van der Waals surface area (Å²) in [4.78, 5) is 21.6. The van der Waals surface area contributed by atoms with Crippen LogP contribution < -0.4 is 5.32 Å². The largest absolute Gasteiger partial charge is 0.352 e. The van der Waals surface area contributed by atoms with E-state index in [0.29, 0.717) is 13.0 Å². The van der Waals surface area contributed by atoms with Gasteiger partial charge in [-0.3, -0.25) is 14.9 Å². The predicted molar refractivity (Wildman–Crippen MR) is 65.4 cm³/mol. The Kier molecular flexibility index (Phi) is 4.90. The van der Waals surface area contributed by atoms with Gasteiger partial charge in [-0.2, -0.15) is 0 Å². The minimum atomic E-state index is -0.530. The fraction of sp³-hybridized carbons (Fsp3) is 0.364. The molecule has 0 fully saturated rings. The molecule has 0 bridgehead atoms. The highest BCUT2D eigenvalue weighted by atomic mass is 35.5. The van der Waals surface area contributed by atoms with E-state index in [1.54, 1.807) is 0 Å². The van der Waals surface area contributed by atoms with Crippen molar-refractivity contribution in [2.24, 2.45) is 0 Å². The summed E-state index contributed by atoms with van der Waals surface area (Å²) in [6, 6.07) is 5.61. The van der Waals surface area contributed by atoms with Gasteiger partial charge in [0.05, 0.1) is 4.92 Å². The standard InChI is InChI=1S/C11H13ClN2O3/c1-8(12)5-6-13-11(15)9-3-2-4-10(7-9)14(16)17/h2-4,7-8H,5-6H2,1H3,(H,13,15). The van der Waals surface area contributed by atoms with Crippen LogP contribution in [-0.2, 0) is 0 Å². The average molecular weight is 257 g/mol. The molecule has 0 aliphatic carbocycles. The number of amides is 1. The number of hydrogen-bond acceptors (Lipinski definition) is 3. The van der Waals surface area contributed by atoms with E-state index in [1.165, 1.54) is 24.3 Å². The third-order valence-corrected chi connectivity index (χ3v) is 2.37. The number of alkyl halides is 1. The molecule has 5 nitrogen and oxygen atoms in total. The van der Waals surface area contributed by atoms with E-state index in [0.717, 1.165) is 0 Å². The van der Waals surface area contributed by atoms with Crippen molar-refractivity contribution in [3.8, 4) is 0 Å². The summed E-state index contributed by atoms with van der Waals surface area (Å²) in [7, 11) is 0. The molecule has 0 radical (unpaired) electrons. The molecule has 0 heterocycles. The SMILES string of the molecule is CC(Cl)CCNC(=O)c1cccc([N+](=O)[O-])c1. The van der Waals surface area contributed by atoms with Crippen molar-refractivity contribution in [1.82, 2.24) is 5.32 Å². The van der Waals surface area contributed by atoms with Gasteiger partial charge in [0.2, 0.25) is 0 Å². The molecule has 17 heavy (non-hydrogen) atoms. The molecule has 0 spiro atoms. The fourth-order valence-electron chi connectivity index (χ4n) is 1.25. The Morgan fingerprint density at radius 1 is 1.59 bits per heavy atom. The van der Waals surface area contributed by atoms with Crippen LogP contribution in [-0.4, -0.2) is 22.8 Å². The Hall–Kier alpha value is -1.62. The molecule has 1 atom stereocenters. The molecule has 1 N–H and O–H groups in total. The van der Waals surface area contributed by atoms with Crippen molar-refractivity contribution >= 4 is 23.2 Å². The lowest BCUT2D eigenvalue weighted by Crippen LogP contribution is -2.25. The number of nitrogens with one attached hydrogen (secondary N) is 1. The minimum Gasteiger partial charge on any atom is -0.352 e. The summed E-state index contributed by atoms with van der Waals surface area (Å²) in [6.07, 6.45) is 0.655. The number of halogens is 1. The maximum Gasteiger partial charge on any atom is 0.270 e. The van der Waals surface area contributed by atoms with Gasteiger partial charge in [0, 0.05) is 29.6 Å². The molecule has 6 heteroatoms. The number of non-ortho nitro benzene ring substituents is 1. The zero-order valence-electron chi connectivity index (χ0n) is 9.35. The molecule has 1 unspecified atom stereocenters. The normalized spacial score (nSPS) is 11.9. The lowest BCUT2D eigenvalue weighted by atomic mass is 10.2. The first-order valence-electron chi connectivity index (χ1n) is 5.17. The van der Waals surface area contributed by atoms with Crippen molar-refractivity contribution < 1.29 is 9.72 Å². The highest BCUT2D eigenvalue weighted by Gasteiger charge is 2.10. The summed E-state index contributed by atoms with van der Waals surface area (Å²) < 4.78 is 0. The monoisotopic (exact) mass is 256 g/mol. The van der Waals surface area contributed by atoms with Crippen LogP contribution in [0.25, 0.3) is 0 Å². The Morgan fingerprint density at radius 2 is 2.29 bits per heavy atom. The first kappa shape index (κ1) is 13.4. The molecular weight excluding hydrogens is 244 g/mol. The van der Waals surface area contributed by atoms with Crippen LogP contribution >= 0.6 is 11.6 Å². The first-order chi connectivity index (χ1) is 8.00. The summed E-state index contributed by atoms with van der Waals surface area (Å²) >= 11 is 5.73. The topological polar surface area (TPSA) is 72.2 Å². The molecule has 0 aliphatic rings. The lowest BCUT2D eigenvalue weighted by molar-refractivity contribution is -0.384. The molecule has 1 rings (SSSR count). The second kappa shape index (κ2) is 6.20. The summed E-state index contributed by atoms with van der Waals surface area (Å²) in [5.74, 6) is -0.328. The Bertz CT molecular complexity index is 421. The molecule has 0 saturated heterocycles. The first-order valence-corrected chi connectivity index (χ1v) is 5.61. The summed E-state index contributed by atoms with van der Waals surface area (Å²) in [6.45, 7) is 2.28. The van der Waals surface area contributed by atoms with Gasteiger partial charge in [0.25, 0.3) is 11.6 Å². The van der Waals surface area contributed by atoms with E-state index in [9.17, 15) is 14.9 Å². The van der Waals surface area contributed by atoms with Gasteiger partial charge in [-0.15, -0.1) is 11.6 Å². The number of carbonyl (C=O) groups is 1. The fourth-order valence-corrected chi connectivity index (χ4v) is 1.36. The zero-order valence-corrected chi connectivity index (χ0v) is 10.1. The lowest BCUT2D eigenvalue weighted by Gasteiger charge is -2.05. The maximum absolute atomic E-state index is 11.6. The van der Waals surface area contributed by atoms with Crippen molar-refractivity contribution in [3.63, 3.8) is 0 Å². The minimum absolute atomic E-state index is 0.0135. The number of carbonyl (C=O) groups excluding carboxylic acids is 1. The Balaban J connectivity index is 2.63. The van der Waals surface area contributed by atoms with Gasteiger partial charge in [-0.25, -0.2) is 0 Å². The number of nitro groups is 1. The average Bonchev–Trinajstić information content (AvgIpc) is 2.28. The van der Waals surface area contributed by atoms with E-state index in [4.69, 9.17) is 11.6 Å². The van der Waals surface area contributed by atoms with Crippen molar-refractivity contribution in [2.45, 2.75) is 18.7 Å². The molecule has 92 valence electrons. The molecule has 0 aliphatic heterocycles. The van der Waals surface area contributed by atoms with E-state index in [2.05, 4.69) is 5.32 Å². The maximum atomic E-state index is 11.6. The van der Waals surface area contributed by atoms with Gasteiger partial charge in [-0.1, -0.05) is 6.07 Å². The van der Waals surface area contributed by atoms with Crippen LogP contribution in [0.3, 0.4) is 0 Å². The molecule has 0 aromatic heterocycles. The van der Waals surface area contributed by atoms with E-state index in [-0.39, 0.29) is 22.5 Å². The Morgan fingerprint density at radius 3 is 2.88 bits per heavy atom. The van der Waals surface area contributed by atoms with E-state index in [1.807, 2.05) is 6.92 Å². The van der Waals surface area contributed by atoms with Gasteiger partial charge in [-0.05, 0) is 19.4 Å². The molecular formula is C11H13ClN2O3. The second-order valence-electron chi connectivity index (χ2n) is 3.63. The van der Waals surface area contributed by atoms with Crippen LogP contribution in [0.2, 0.25) is 0 Å². The smallest absolute Gasteiger partial charge is 0.270 e. The molecule has 0 saturated carbocycles. The van der Waals surface area contributed by atoms with Crippen LogP contribution in [0, 0.1) is 10.1 Å². The van der Waals surface area contributed by atoms with Gasteiger partial charge < -0.3 is 5.32 Å². The van der Waals surface area contributed by atoms with Gasteiger partial charge in [0.1, 0.15) is 0 Å². The predicted octanol–water partition coefficient (Wildman–Crippen LogP) is 2.34. The van der Waals surface area contributed by atoms with Gasteiger partial charge in [0.15, 0.2) is 0 Å². The highest BCUT2D eigenvalue weighted by Crippen LogP contribution is 2.12. The zero-order chi connectivity index (χ0) is 12.8. The number of hydrogen-bond donors (Lipinski definition) is 1. The number of nitro benzene ring substituents is 1. The molecule has 1 aromatic rings. The third kappa shape index (κ3) is 4.40. The van der Waals surface area contributed by atoms with Gasteiger partial charge >= 0.3 is 0 Å². The second-order valence-corrected chi connectivity index (χ2v) is 4.38. The quantitative estimate of drug-likeness (QED) is 0.499. The van der Waals surface area contributed by atoms with Crippen LogP contribution in [0.5, 0.6) is 0 Å². The Labute approximate surface area is 104 Å². The number of nitrogens with zero attached hydrogens (tertiary/aromatic N) is 1. The van der Waals surface area contributed by atoms with Crippen LogP contribution in [0.15, 0.2) is 24.3 Å². The highest BCUT2D eigenvalue weighted by molar-refractivity contribution is 6.20. The van der Waals surface area contributed by atoms with E-state index < -0.39 is 4.92 Å². The third-order valence-electron chi connectivity index (χ3n) is 2.15. The summed E-state index contributed by atoms with van der Waals surface area (Å²) in [5.41, 5.74) is 0.185.